The molecular formula is C24H26N6O. The molecule has 0 saturated heterocycles. The lowest BCUT2D eigenvalue weighted by atomic mass is 9.49. The van der Waals surface area contributed by atoms with Gasteiger partial charge in [-0.05, 0) is 80.5 Å². The van der Waals surface area contributed by atoms with Gasteiger partial charge in [0.2, 0.25) is 5.91 Å². The Hall–Kier alpha value is -3.22. The fraction of sp³-hybridized carbons (Fsp3) is 0.417. The van der Waals surface area contributed by atoms with Crippen molar-refractivity contribution >= 4 is 23.1 Å². The minimum Gasteiger partial charge on any atom is -0.340 e. The predicted octanol–water partition coefficient (Wildman–Crippen LogP) is 4.56. The van der Waals surface area contributed by atoms with E-state index in [1.165, 1.54) is 25.6 Å². The highest BCUT2D eigenvalue weighted by molar-refractivity contribution is 5.95. The number of hydrogen-bond donors (Lipinski definition) is 2. The van der Waals surface area contributed by atoms with Gasteiger partial charge < -0.3 is 10.6 Å². The Morgan fingerprint density at radius 3 is 2.29 bits per heavy atom. The molecule has 4 fully saturated rings. The van der Waals surface area contributed by atoms with Crippen LogP contribution in [0.2, 0.25) is 0 Å². The van der Waals surface area contributed by atoms with Crippen molar-refractivity contribution in [2.45, 2.75) is 38.5 Å². The van der Waals surface area contributed by atoms with Crippen LogP contribution in [0.15, 0.2) is 55.4 Å². The molecule has 1 aromatic carbocycles. The minimum atomic E-state index is -0.129. The molecule has 0 aliphatic heterocycles. The summed E-state index contributed by atoms with van der Waals surface area (Å²) in [5, 5.41) is 6.51. The number of amides is 1. The van der Waals surface area contributed by atoms with Crippen molar-refractivity contribution in [1.82, 2.24) is 19.5 Å². The molecular weight excluding hydrogens is 388 g/mol. The molecule has 7 heteroatoms. The highest BCUT2D eigenvalue weighted by Crippen LogP contribution is 2.60. The van der Waals surface area contributed by atoms with Crippen molar-refractivity contribution in [3.63, 3.8) is 0 Å². The lowest BCUT2D eigenvalue weighted by molar-refractivity contribution is -0.140. The standard InChI is InChI=1S/C24H26N6O/c31-23(24-11-16-7-17(12-24)9-18(8-16)13-24)29-20-3-1-19(2-4-20)28-21-10-22(27-14-26-21)30-6-5-25-15-30/h1-6,10,14-18H,7-9,11-13H2,(H,29,31)(H,26,27,28). The van der Waals surface area contributed by atoms with Crippen LogP contribution in [0.3, 0.4) is 0 Å². The Bertz CT molecular complexity index is 1060. The second kappa shape index (κ2) is 7.18. The summed E-state index contributed by atoms with van der Waals surface area (Å²) in [4.78, 5) is 25.9. The first-order valence-corrected chi connectivity index (χ1v) is 11.1. The first-order valence-electron chi connectivity index (χ1n) is 11.1. The third-order valence-electron chi connectivity index (χ3n) is 7.36. The van der Waals surface area contributed by atoms with Crippen molar-refractivity contribution in [1.29, 1.82) is 0 Å². The smallest absolute Gasteiger partial charge is 0.230 e. The fourth-order valence-corrected chi connectivity index (χ4v) is 6.39. The number of aromatic nitrogens is 4. The largest absolute Gasteiger partial charge is 0.340 e. The number of carbonyl (C=O) groups excluding carboxylic acids is 1. The molecule has 2 heterocycles. The number of anilines is 3. The number of nitrogens with one attached hydrogen (secondary N) is 2. The summed E-state index contributed by atoms with van der Waals surface area (Å²) in [6.07, 6.45) is 14.1. The van der Waals surface area contributed by atoms with Crippen LogP contribution in [0, 0.1) is 23.2 Å². The molecule has 0 radical (unpaired) electrons. The third kappa shape index (κ3) is 3.48. The first-order chi connectivity index (χ1) is 15.1. The summed E-state index contributed by atoms with van der Waals surface area (Å²) in [5.41, 5.74) is 1.63. The SMILES string of the molecule is O=C(Nc1ccc(Nc2cc(-n3ccnc3)ncn2)cc1)C12CC3CC(CC(C3)C1)C2. The zero-order valence-electron chi connectivity index (χ0n) is 17.4. The number of imidazole rings is 1. The lowest BCUT2D eigenvalue weighted by Gasteiger charge is -2.55. The Morgan fingerprint density at radius 1 is 0.968 bits per heavy atom. The van der Waals surface area contributed by atoms with Crippen LogP contribution in [-0.2, 0) is 4.79 Å². The van der Waals surface area contributed by atoms with Crippen molar-refractivity contribution in [2.24, 2.45) is 23.2 Å². The minimum absolute atomic E-state index is 0.129. The lowest BCUT2D eigenvalue weighted by Crippen LogP contribution is -2.51. The van der Waals surface area contributed by atoms with Gasteiger partial charge >= 0.3 is 0 Å². The van der Waals surface area contributed by atoms with Gasteiger partial charge in [-0.15, -0.1) is 0 Å². The quantitative estimate of drug-likeness (QED) is 0.639. The van der Waals surface area contributed by atoms with Crippen LogP contribution in [0.25, 0.3) is 5.82 Å². The highest BCUT2D eigenvalue weighted by Gasteiger charge is 2.54. The van der Waals surface area contributed by atoms with Crippen molar-refractivity contribution < 1.29 is 4.79 Å². The molecule has 0 unspecified atom stereocenters. The average Bonchev–Trinajstić information content (AvgIpc) is 3.29. The molecule has 7 rings (SSSR count). The van der Waals surface area contributed by atoms with E-state index in [9.17, 15) is 4.79 Å². The number of hydrogen-bond acceptors (Lipinski definition) is 5. The van der Waals surface area contributed by atoms with Crippen LogP contribution in [0.4, 0.5) is 17.2 Å². The van der Waals surface area contributed by atoms with Gasteiger partial charge in [0, 0.05) is 29.8 Å². The molecule has 2 aromatic heterocycles. The van der Waals surface area contributed by atoms with Gasteiger partial charge in [0.25, 0.3) is 0 Å². The predicted molar refractivity (Wildman–Crippen MR) is 118 cm³/mol. The van der Waals surface area contributed by atoms with Gasteiger partial charge in [-0.3, -0.25) is 9.36 Å². The van der Waals surface area contributed by atoms with Gasteiger partial charge in [-0.2, -0.15) is 0 Å². The second-order valence-electron chi connectivity index (χ2n) is 9.59. The summed E-state index contributed by atoms with van der Waals surface area (Å²) in [5.74, 6) is 3.97. The number of benzene rings is 1. The molecule has 2 N–H and O–H groups in total. The normalized spacial score (nSPS) is 28.5. The Kier molecular flexibility index (Phi) is 4.30. The molecule has 7 nitrogen and oxygen atoms in total. The van der Waals surface area contributed by atoms with Crippen LogP contribution in [-0.4, -0.2) is 25.4 Å². The number of nitrogens with zero attached hydrogens (tertiary/aromatic N) is 4. The van der Waals surface area contributed by atoms with E-state index in [-0.39, 0.29) is 11.3 Å². The fourth-order valence-electron chi connectivity index (χ4n) is 6.39. The molecule has 31 heavy (non-hydrogen) atoms. The highest BCUT2D eigenvalue weighted by atomic mass is 16.2. The van der Waals surface area contributed by atoms with E-state index in [0.717, 1.165) is 54.2 Å². The van der Waals surface area contributed by atoms with E-state index >= 15 is 0 Å². The molecule has 158 valence electrons. The van der Waals surface area contributed by atoms with Gasteiger partial charge in [0.1, 0.15) is 24.3 Å². The molecule has 0 spiro atoms. The molecule has 0 atom stereocenters. The molecule has 4 bridgehead atoms. The van der Waals surface area contributed by atoms with E-state index < -0.39 is 0 Å². The number of rotatable bonds is 5. The topological polar surface area (TPSA) is 84.7 Å². The number of carbonyl (C=O) groups is 1. The van der Waals surface area contributed by atoms with E-state index in [4.69, 9.17) is 0 Å². The van der Waals surface area contributed by atoms with Crippen LogP contribution < -0.4 is 10.6 Å². The molecule has 1 amide bonds. The summed E-state index contributed by atoms with van der Waals surface area (Å²) in [6, 6.07) is 9.71. The van der Waals surface area contributed by atoms with Crippen molar-refractivity contribution in [3.05, 3.63) is 55.4 Å². The van der Waals surface area contributed by atoms with E-state index in [1.54, 1.807) is 12.5 Å². The molecule has 4 saturated carbocycles. The molecule has 4 aliphatic carbocycles. The maximum absolute atomic E-state index is 13.2. The zero-order chi connectivity index (χ0) is 20.8. The zero-order valence-corrected chi connectivity index (χ0v) is 17.4. The van der Waals surface area contributed by atoms with Gasteiger partial charge in [-0.1, -0.05) is 0 Å². The van der Waals surface area contributed by atoms with E-state index in [2.05, 4.69) is 25.6 Å². The molecule has 3 aromatic rings. The maximum Gasteiger partial charge on any atom is 0.230 e. The Labute approximate surface area is 181 Å². The van der Waals surface area contributed by atoms with Crippen LogP contribution >= 0.6 is 0 Å². The van der Waals surface area contributed by atoms with Crippen molar-refractivity contribution in [2.75, 3.05) is 10.6 Å². The first kappa shape index (κ1) is 18.5. The van der Waals surface area contributed by atoms with Gasteiger partial charge in [0.15, 0.2) is 0 Å². The van der Waals surface area contributed by atoms with E-state index in [0.29, 0.717) is 5.82 Å². The molecule has 4 aliphatic rings. The average molecular weight is 415 g/mol. The Morgan fingerprint density at radius 2 is 1.65 bits per heavy atom. The van der Waals surface area contributed by atoms with Crippen LogP contribution in [0.5, 0.6) is 0 Å². The Balaban J connectivity index is 1.13. The summed E-state index contributed by atoms with van der Waals surface area (Å²) in [6.45, 7) is 0. The van der Waals surface area contributed by atoms with E-state index in [1.807, 2.05) is 41.1 Å². The van der Waals surface area contributed by atoms with Gasteiger partial charge in [-0.25, -0.2) is 15.0 Å². The van der Waals surface area contributed by atoms with Crippen molar-refractivity contribution in [3.8, 4) is 5.82 Å². The summed E-state index contributed by atoms with van der Waals surface area (Å²) >= 11 is 0. The third-order valence-corrected chi connectivity index (χ3v) is 7.36. The van der Waals surface area contributed by atoms with Gasteiger partial charge in [0.05, 0.1) is 5.41 Å². The summed E-state index contributed by atoms with van der Waals surface area (Å²) < 4.78 is 1.83. The maximum atomic E-state index is 13.2. The monoisotopic (exact) mass is 414 g/mol. The summed E-state index contributed by atoms with van der Waals surface area (Å²) in [7, 11) is 0. The van der Waals surface area contributed by atoms with Crippen LogP contribution in [0.1, 0.15) is 38.5 Å². The second-order valence-corrected chi connectivity index (χ2v) is 9.59.